The van der Waals surface area contributed by atoms with Crippen molar-refractivity contribution in [1.82, 2.24) is 9.36 Å². The first kappa shape index (κ1) is 17.0. The minimum absolute atomic E-state index is 0.0397. The van der Waals surface area contributed by atoms with E-state index in [9.17, 15) is 4.79 Å². The number of rotatable bonds is 6. The van der Waals surface area contributed by atoms with Crippen LogP contribution in [-0.2, 0) is 0 Å². The highest BCUT2D eigenvalue weighted by molar-refractivity contribution is 8.01. The summed E-state index contributed by atoms with van der Waals surface area (Å²) in [7, 11) is 1.63. The normalized spacial score (nSPS) is 10.6. The third-order valence-electron chi connectivity index (χ3n) is 3.25. The number of hydrogen-bond donors (Lipinski definition) is 0. The fourth-order valence-electron chi connectivity index (χ4n) is 1.97. The zero-order valence-corrected chi connectivity index (χ0v) is 15.1. The SMILES string of the molecule is COc1ccc(-c2nsc(SCC(=O)c3ccc(Cl)cc3)n2)cc1. The molecule has 0 bridgehead atoms. The molecule has 0 atom stereocenters. The first-order valence-electron chi connectivity index (χ1n) is 7.05. The molecule has 122 valence electrons. The summed E-state index contributed by atoms with van der Waals surface area (Å²) >= 11 is 8.51. The van der Waals surface area contributed by atoms with Gasteiger partial charge in [-0.2, -0.15) is 4.37 Å². The molecule has 0 amide bonds. The third kappa shape index (κ3) is 4.14. The summed E-state index contributed by atoms with van der Waals surface area (Å²) in [4.78, 5) is 16.6. The predicted octanol–water partition coefficient (Wildman–Crippen LogP) is 4.84. The number of Topliss-reactive ketones (excluding diaryl/α,β-unsaturated/α-hetero) is 1. The lowest BCUT2D eigenvalue weighted by molar-refractivity contribution is 0.102. The number of hydrogen-bond acceptors (Lipinski definition) is 6. The van der Waals surface area contributed by atoms with Crippen LogP contribution in [0.5, 0.6) is 5.75 Å². The molecule has 1 heterocycles. The van der Waals surface area contributed by atoms with Crippen LogP contribution in [0.4, 0.5) is 0 Å². The molecule has 0 aliphatic heterocycles. The van der Waals surface area contributed by atoms with Crippen LogP contribution in [0.1, 0.15) is 10.4 Å². The Balaban J connectivity index is 1.63. The maximum Gasteiger partial charge on any atom is 0.174 e. The Hall–Kier alpha value is -1.89. The quantitative estimate of drug-likeness (QED) is 0.455. The number of ether oxygens (including phenoxy) is 1. The van der Waals surface area contributed by atoms with E-state index < -0.39 is 0 Å². The molecule has 0 spiro atoms. The molecule has 0 saturated carbocycles. The molecule has 0 unspecified atom stereocenters. The Bertz CT molecular complexity index is 833. The largest absolute Gasteiger partial charge is 0.497 e. The van der Waals surface area contributed by atoms with E-state index in [0.29, 0.717) is 22.2 Å². The molecule has 2 aromatic carbocycles. The molecule has 0 saturated heterocycles. The van der Waals surface area contributed by atoms with Crippen molar-refractivity contribution < 1.29 is 9.53 Å². The van der Waals surface area contributed by atoms with Gasteiger partial charge in [0, 0.05) is 16.1 Å². The maximum atomic E-state index is 12.2. The van der Waals surface area contributed by atoms with Gasteiger partial charge in [-0.25, -0.2) is 4.98 Å². The lowest BCUT2D eigenvalue weighted by Gasteiger charge is -2.00. The van der Waals surface area contributed by atoms with E-state index >= 15 is 0 Å². The number of ketones is 1. The molecular formula is C17H13ClN2O2S2. The van der Waals surface area contributed by atoms with Crippen molar-refractivity contribution in [3.05, 3.63) is 59.1 Å². The monoisotopic (exact) mass is 376 g/mol. The van der Waals surface area contributed by atoms with E-state index in [0.717, 1.165) is 15.7 Å². The van der Waals surface area contributed by atoms with Gasteiger partial charge in [-0.3, -0.25) is 4.79 Å². The van der Waals surface area contributed by atoms with Gasteiger partial charge in [0.25, 0.3) is 0 Å². The van der Waals surface area contributed by atoms with E-state index in [-0.39, 0.29) is 5.78 Å². The summed E-state index contributed by atoms with van der Waals surface area (Å²) in [6.45, 7) is 0. The fraction of sp³-hybridized carbons (Fsp3) is 0.118. The van der Waals surface area contributed by atoms with Gasteiger partial charge in [0.1, 0.15) is 5.75 Å². The van der Waals surface area contributed by atoms with Crippen LogP contribution in [0.15, 0.2) is 52.9 Å². The van der Waals surface area contributed by atoms with Crippen molar-refractivity contribution in [2.45, 2.75) is 4.34 Å². The smallest absolute Gasteiger partial charge is 0.174 e. The molecular weight excluding hydrogens is 364 g/mol. The number of benzene rings is 2. The van der Waals surface area contributed by atoms with Gasteiger partial charge >= 0.3 is 0 Å². The number of methoxy groups -OCH3 is 1. The van der Waals surface area contributed by atoms with Crippen LogP contribution in [0.25, 0.3) is 11.4 Å². The predicted molar refractivity (Wildman–Crippen MR) is 98.4 cm³/mol. The number of carbonyl (C=O) groups is 1. The average molecular weight is 377 g/mol. The van der Waals surface area contributed by atoms with Gasteiger partial charge in [0.2, 0.25) is 0 Å². The average Bonchev–Trinajstić information content (AvgIpc) is 3.09. The van der Waals surface area contributed by atoms with Crippen LogP contribution >= 0.6 is 34.9 Å². The second-order valence-corrected chi connectivity index (χ2v) is 7.24. The van der Waals surface area contributed by atoms with E-state index in [1.165, 1.54) is 23.3 Å². The summed E-state index contributed by atoms with van der Waals surface area (Å²) in [5.74, 6) is 1.80. The second-order valence-electron chi connectivity index (χ2n) is 4.83. The fourth-order valence-corrected chi connectivity index (χ4v) is 3.61. The van der Waals surface area contributed by atoms with Gasteiger partial charge in [-0.05, 0) is 60.1 Å². The van der Waals surface area contributed by atoms with Crippen molar-refractivity contribution in [2.24, 2.45) is 0 Å². The topological polar surface area (TPSA) is 52.1 Å². The summed E-state index contributed by atoms with van der Waals surface area (Å²) in [6.07, 6.45) is 0. The van der Waals surface area contributed by atoms with Crippen molar-refractivity contribution in [2.75, 3.05) is 12.9 Å². The van der Waals surface area contributed by atoms with E-state index in [4.69, 9.17) is 16.3 Å². The Labute approximate surface area is 153 Å². The number of carbonyl (C=O) groups excluding carboxylic acids is 1. The summed E-state index contributed by atoms with van der Waals surface area (Å²) in [6, 6.07) is 14.4. The van der Waals surface area contributed by atoms with E-state index in [1.54, 1.807) is 31.4 Å². The van der Waals surface area contributed by atoms with Gasteiger partial charge < -0.3 is 4.74 Å². The lowest BCUT2D eigenvalue weighted by Crippen LogP contribution is -2.01. The summed E-state index contributed by atoms with van der Waals surface area (Å²) in [5, 5.41) is 0.618. The lowest BCUT2D eigenvalue weighted by atomic mass is 10.1. The molecule has 0 N–H and O–H groups in total. The Morgan fingerprint density at radius 1 is 1.17 bits per heavy atom. The highest BCUT2D eigenvalue weighted by Crippen LogP contribution is 2.27. The molecule has 4 nitrogen and oxygen atoms in total. The first-order chi connectivity index (χ1) is 11.7. The molecule has 1 aromatic heterocycles. The van der Waals surface area contributed by atoms with Gasteiger partial charge in [-0.15, -0.1) is 0 Å². The van der Waals surface area contributed by atoms with Gasteiger partial charge in [0.05, 0.1) is 12.9 Å². The van der Waals surface area contributed by atoms with E-state index in [1.807, 2.05) is 24.3 Å². The molecule has 0 fully saturated rings. The molecule has 0 aliphatic rings. The summed E-state index contributed by atoms with van der Waals surface area (Å²) < 4.78 is 10.2. The zero-order valence-electron chi connectivity index (χ0n) is 12.7. The molecule has 3 aromatic rings. The van der Waals surface area contributed by atoms with Crippen LogP contribution in [0, 0.1) is 0 Å². The van der Waals surface area contributed by atoms with Crippen molar-refractivity contribution in [3.63, 3.8) is 0 Å². The highest BCUT2D eigenvalue weighted by atomic mass is 35.5. The second kappa shape index (κ2) is 7.79. The van der Waals surface area contributed by atoms with Crippen molar-refractivity contribution in [3.8, 4) is 17.1 Å². The number of nitrogens with zero attached hydrogens (tertiary/aromatic N) is 2. The summed E-state index contributed by atoms with van der Waals surface area (Å²) in [5.41, 5.74) is 1.56. The van der Waals surface area contributed by atoms with Crippen LogP contribution in [-0.4, -0.2) is 28.0 Å². The molecule has 7 heteroatoms. The molecule has 24 heavy (non-hydrogen) atoms. The van der Waals surface area contributed by atoms with Crippen molar-refractivity contribution >= 4 is 40.7 Å². The van der Waals surface area contributed by atoms with Gasteiger partial charge in [0.15, 0.2) is 15.9 Å². The number of thioether (sulfide) groups is 1. The number of aromatic nitrogens is 2. The number of halogens is 1. The maximum absolute atomic E-state index is 12.2. The Morgan fingerprint density at radius 3 is 2.54 bits per heavy atom. The van der Waals surface area contributed by atoms with Crippen molar-refractivity contribution in [1.29, 1.82) is 0 Å². The minimum atomic E-state index is 0.0397. The van der Waals surface area contributed by atoms with Crippen LogP contribution < -0.4 is 4.74 Å². The molecule has 0 aliphatic carbocycles. The standard InChI is InChI=1S/C17H13ClN2O2S2/c1-22-14-8-4-12(5-9-14)16-19-17(24-20-16)23-10-15(21)11-2-6-13(18)7-3-11/h2-9H,10H2,1H3. The van der Waals surface area contributed by atoms with E-state index in [2.05, 4.69) is 9.36 Å². The Morgan fingerprint density at radius 2 is 1.88 bits per heavy atom. The third-order valence-corrected chi connectivity index (χ3v) is 5.33. The zero-order chi connectivity index (χ0) is 16.9. The van der Waals surface area contributed by atoms with Crippen LogP contribution in [0.3, 0.4) is 0 Å². The van der Waals surface area contributed by atoms with Crippen LogP contribution in [0.2, 0.25) is 5.02 Å². The molecule has 3 rings (SSSR count). The Kier molecular flexibility index (Phi) is 5.50. The molecule has 0 radical (unpaired) electrons. The first-order valence-corrected chi connectivity index (χ1v) is 9.19. The highest BCUT2D eigenvalue weighted by Gasteiger charge is 2.11. The minimum Gasteiger partial charge on any atom is -0.497 e. The van der Waals surface area contributed by atoms with Gasteiger partial charge in [-0.1, -0.05) is 23.4 Å².